The second-order valence-electron chi connectivity index (χ2n) is 5.08. The van der Waals surface area contributed by atoms with Crippen LogP contribution in [0.5, 0.6) is 11.6 Å². The van der Waals surface area contributed by atoms with Gasteiger partial charge in [-0.3, -0.25) is 0 Å². The standard InChI is InChI=1S/C17H22N2O/c1-5-18-14(4)15-8-9-17(19-11-15)20-16-10-12(2)6-7-13(16)3/h6-11,14,18H,5H2,1-4H3. The molecule has 0 saturated carbocycles. The van der Waals surface area contributed by atoms with Gasteiger partial charge in [-0.1, -0.05) is 25.1 Å². The molecule has 0 spiro atoms. The third-order valence-corrected chi connectivity index (χ3v) is 3.33. The Bertz CT molecular complexity index is 564. The van der Waals surface area contributed by atoms with Crippen LogP contribution in [0.1, 0.15) is 36.6 Å². The molecule has 1 aromatic heterocycles. The van der Waals surface area contributed by atoms with Crippen molar-refractivity contribution in [2.75, 3.05) is 6.54 Å². The molecule has 3 heteroatoms. The maximum Gasteiger partial charge on any atom is 0.219 e. The second-order valence-corrected chi connectivity index (χ2v) is 5.08. The van der Waals surface area contributed by atoms with E-state index in [4.69, 9.17) is 4.74 Å². The van der Waals surface area contributed by atoms with Crippen LogP contribution in [0.2, 0.25) is 0 Å². The number of rotatable bonds is 5. The number of nitrogens with one attached hydrogen (secondary N) is 1. The first kappa shape index (κ1) is 14.5. The lowest BCUT2D eigenvalue weighted by Crippen LogP contribution is -2.17. The van der Waals surface area contributed by atoms with Gasteiger partial charge in [0.1, 0.15) is 5.75 Å². The lowest BCUT2D eigenvalue weighted by molar-refractivity contribution is 0.458. The summed E-state index contributed by atoms with van der Waals surface area (Å²) in [4.78, 5) is 4.39. The third kappa shape index (κ3) is 3.58. The van der Waals surface area contributed by atoms with E-state index in [9.17, 15) is 0 Å². The van der Waals surface area contributed by atoms with Crippen LogP contribution in [0.3, 0.4) is 0 Å². The molecule has 0 radical (unpaired) electrons. The van der Waals surface area contributed by atoms with E-state index < -0.39 is 0 Å². The summed E-state index contributed by atoms with van der Waals surface area (Å²) in [6.45, 7) is 9.27. The van der Waals surface area contributed by atoms with E-state index in [2.05, 4.69) is 49.3 Å². The zero-order chi connectivity index (χ0) is 14.5. The van der Waals surface area contributed by atoms with Crippen molar-refractivity contribution in [2.24, 2.45) is 0 Å². The van der Waals surface area contributed by atoms with E-state index in [1.165, 1.54) is 11.1 Å². The molecule has 1 heterocycles. The highest BCUT2D eigenvalue weighted by Gasteiger charge is 2.06. The highest BCUT2D eigenvalue weighted by atomic mass is 16.5. The molecule has 0 aliphatic carbocycles. The molecule has 0 saturated heterocycles. The Labute approximate surface area is 121 Å². The molecule has 0 amide bonds. The molecule has 2 rings (SSSR count). The van der Waals surface area contributed by atoms with E-state index >= 15 is 0 Å². The largest absolute Gasteiger partial charge is 0.439 e. The van der Waals surface area contributed by atoms with Gasteiger partial charge in [0.25, 0.3) is 0 Å². The molecule has 1 unspecified atom stereocenters. The number of nitrogens with zero attached hydrogens (tertiary/aromatic N) is 1. The third-order valence-electron chi connectivity index (χ3n) is 3.33. The predicted molar refractivity (Wildman–Crippen MR) is 82.3 cm³/mol. The summed E-state index contributed by atoms with van der Waals surface area (Å²) in [6, 6.07) is 10.5. The molecule has 2 aromatic rings. The number of ether oxygens (including phenoxy) is 1. The van der Waals surface area contributed by atoms with Gasteiger partial charge in [0.2, 0.25) is 5.88 Å². The van der Waals surface area contributed by atoms with Crippen LogP contribution in [0.4, 0.5) is 0 Å². The smallest absolute Gasteiger partial charge is 0.219 e. The van der Waals surface area contributed by atoms with Gasteiger partial charge in [-0.25, -0.2) is 4.98 Å². The van der Waals surface area contributed by atoms with Gasteiger partial charge in [0.15, 0.2) is 0 Å². The van der Waals surface area contributed by atoms with Crippen LogP contribution in [0.25, 0.3) is 0 Å². The molecule has 0 bridgehead atoms. The minimum absolute atomic E-state index is 0.308. The fourth-order valence-electron chi connectivity index (χ4n) is 2.06. The molecular formula is C17H22N2O. The molecule has 106 valence electrons. The van der Waals surface area contributed by atoms with Crippen LogP contribution < -0.4 is 10.1 Å². The number of hydrogen-bond acceptors (Lipinski definition) is 3. The van der Waals surface area contributed by atoms with Crippen molar-refractivity contribution < 1.29 is 4.74 Å². The highest BCUT2D eigenvalue weighted by molar-refractivity contribution is 5.38. The molecule has 3 nitrogen and oxygen atoms in total. The van der Waals surface area contributed by atoms with Gasteiger partial charge in [-0.2, -0.15) is 0 Å². The van der Waals surface area contributed by atoms with Crippen molar-refractivity contribution in [3.05, 3.63) is 53.2 Å². The normalized spacial score (nSPS) is 12.2. The van der Waals surface area contributed by atoms with Crippen molar-refractivity contribution in [2.45, 2.75) is 33.7 Å². The maximum atomic E-state index is 5.85. The molecule has 1 atom stereocenters. The van der Waals surface area contributed by atoms with Gasteiger partial charge >= 0.3 is 0 Å². The predicted octanol–water partition coefficient (Wildman–Crippen LogP) is 4.16. The van der Waals surface area contributed by atoms with Crippen molar-refractivity contribution in [3.63, 3.8) is 0 Å². The summed E-state index contributed by atoms with van der Waals surface area (Å²) in [6.07, 6.45) is 1.87. The summed E-state index contributed by atoms with van der Waals surface area (Å²) in [5, 5.41) is 3.37. The summed E-state index contributed by atoms with van der Waals surface area (Å²) >= 11 is 0. The monoisotopic (exact) mass is 270 g/mol. The Hall–Kier alpha value is -1.87. The molecule has 1 aromatic carbocycles. The number of aromatic nitrogens is 1. The number of aryl methyl sites for hydroxylation is 2. The average molecular weight is 270 g/mol. The quantitative estimate of drug-likeness (QED) is 0.885. The minimum atomic E-state index is 0.308. The summed E-state index contributed by atoms with van der Waals surface area (Å²) in [5.74, 6) is 1.50. The first-order valence-electron chi connectivity index (χ1n) is 7.04. The highest BCUT2D eigenvalue weighted by Crippen LogP contribution is 2.25. The van der Waals surface area contributed by atoms with Crippen LogP contribution in [-0.2, 0) is 0 Å². The second kappa shape index (κ2) is 6.53. The Morgan fingerprint density at radius 2 is 2.00 bits per heavy atom. The Morgan fingerprint density at radius 1 is 1.20 bits per heavy atom. The van der Waals surface area contributed by atoms with E-state index in [1.807, 2.05) is 25.3 Å². The average Bonchev–Trinajstić information content (AvgIpc) is 2.44. The van der Waals surface area contributed by atoms with Crippen molar-refractivity contribution in [1.82, 2.24) is 10.3 Å². The van der Waals surface area contributed by atoms with Crippen molar-refractivity contribution >= 4 is 0 Å². The zero-order valence-electron chi connectivity index (χ0n) is 12.6. The van der Waals surface area contributed by atoms with Gasteiger partial charge < -0.3 is 10.1 Å². The Balaban J connectivity index is 2.12. The van der Waals surface area contributed by atoms with E-state index in [0.29, 0.717) is 11.9 Å². The molecule has 20 heavy (non-hydrogen) atoms. The van der Waals surface area contributed by atoms with Gasteiger partial charge in [0.05, 0.1) is 0 Å². The van der Waals surface area contributed by atoms with Crippen LogP contribution in [0.15, 0.2) is 36.5 Å². The fraction of sp³-hybridized carbons (Fsp3) is 0.353. The molecule has 0 aliphatic heterocycles. The molecular weight excluding hydrogens is 248 g/mol. The molecule has 0 aliphatic rings. The van der Waals surface area contributed by atoms with Crippen molar-refractivity contribution in [3.8, 4) is 11.6 Å². The summed E-state index contributed by atoms with van der Waals surface area (Å²) < 4.78 is 5.85. The van der Waals surface area contributed by atoms with Crippen LogP contribution in [-0.4, -0.2) is 11.5 Å². The number of hydrogen-bond donors (Lipinski definition) is 1. The Kier molecular flexibility index (Phi) is 4.74. The van der Waals surface area contributed by atoms with Crippen LogP contribution in [0, 0.1) is 13.8 Å². The fourth-order valence-corrected chi connectivity index (χ4v) is 2.06. The number of pyridine rings is 1. The number of benzene rings is 1. The maximum absolute atomic E-state index is 5.85. The SMILES string of the molecule is CCNC(C)c1ccc(Oc2cc(C)ccc2C)nc1. The van der Waals surface area contributed by atoms with Gasteiger partial charge in [0, 0.05) is 18.3 Å². The van der Waals surface area contributed by atoms with Crippen molar-refractivity contribution in [1.29, 1.82) is 0 Å². The van der Waals surface area contributed by atoms with E-state index in [1.54, 1.807) is 0 Å². The van der Waals surface area contributed by atoms with Gasteiger partial charge in [-0.05, 0) is 50.1 Å². The topological polar surface area (TPSA) is 34.1 Å². The minimum Gasteiger partial charge on any atom is -0.439 e. The first-order chi connectivity index (χ1) is 9.60. The lowest BCUT2D eigenvalue weighted by atomic mass is 10.1. The zero-order valence-corrected chi connectivity index (χ0v) is 12.6. The Morgan fingerprint density at radius 3 is 2.65 bits per heavy atom. The lowest BCUT2D eigenvalue weighted by Gasteiger charge is -2.13. The molecule has 1 N–H and O–H groups in total. The first-order valence-corrected chi connectivity index (χ1v) is 7.04. The van der Waals surface area contributed by atoms with Gasteiger partial charge in [-0.15, -0.1) is 0 Å². The summed E-state index contributed by atoms with van der Waals surface area (Å²) in [7, 11) is 0. The van der Waals surface area contributed by atoms with E-state index in [0.717, 1.165) is 17.9 Å². The van der Waals surface area contributed by atoms with Crippen LogP contribution >= 0.6 is 0 Å². The summed E-state index contributed by atoms with van der Waals surface area (Å²) in [5.41, 5.74) is 3.46. The van der Waals surface area contributed by atoms with E-state index in [-0.39, 0.29) is 0 Å². The molecule has 0 fully saturated rings.